The van der Waals surface area contributed by atoms with Crippen molar-refractivity contribution in [2.75, 3.05) is 13.2 Å². The molecule has 0 amide bonds. The van der Waals surface area contributed by atoms with Crippen molar-refractivity contribution in [3.63, 3.8) is 0 Å². The first-order chi connectivity index (χ1) is 17.4. The Labute approximate surface area is 224 Å². The number of carbonyl (C=O) groups is 2. The molecule has 0 aliphatic carbocycles. The van der Waals surface area contributed by atoms with Crippen LogP contribution in [-0.2, 0) is 14.3 Å². The number of nitrogens with zero attached hydrogens (tertiary/aromatic N) is 2. The summed E-state index contributed by atoms with van der Waals surface area (Å²) in [6.07, 6.45) is 2.19. The fourth-order valence-corrected chi connectivity index (χ4v) is 6.22. The molecule has 0 radical (unpaired) electrons. The number of aromatic nitrogens is 1. The molecular weight excluding hydrogens is 492 g/mol. The van der Waals surface area contributed by atoms with Gasteiger partial charge < -0.3 is 20.1 Å². The van der Waals surface area contributed by atoms with Crippen molar-refractivity contribution in [3.8, 4) is 0 Å². The van der Waals surface area contributed by atoms with E-state index in [4.69, 9.17) is 4.74 Å². The maximum Gasteiger partial charge on any atom is 0.309 e. The maximum atomic E-state index is 13.3. The third-order valence-electron chi connectivity index (χ3n) is 8.31. The average Bonchev–Trinajstić information content (AvgIpc) is 3.29. The second kappa shape index (κ2) is 12.5. The molecule has 208 valence electrons. The summed E-state index contributed by atoms with van der Waals surface area (Å²) in [5, 5.41) is 34.3. The van der Waals surface area contributed by atoms with Crippen LogP contribution in [0.2, 0.25) is 0 Å². The number of hydrogen-bond acceptors (Lipinski definition) is 9. The lowest BCUT2D eigenvalue weighted by Gasteiger charge is -2.34. The Balaban J connectivity index is 1.88. The summed E-state index contributed by atoms with van der Waals surface area (Å²) in [7, 11) is 0. The highest BCUT2D eigenvalue weighted by Gasteiger charge is 2.48. The molecule has 1 aromatic heterocycles. The molecule has 3 N–H and O–H groups in total. The van der Waals surface area contributed by atoms with E-state index < -0.39 is 35.6 Å². The van der Waals surface area contributed by atoms with Gasteiger partial charge in [0.1, 0.15) is 11.9 Å². The maximum absolute atomic E-state index is 13.3. The van der Waals surface area contributed by atoms with Gasteiger partial charge in [0.2, 0.25) is 0 Å². The van der Waals surface area contributed by atoms with E-state index in [0.717, 1.165) is 35.5 Å². The molecule has 8 nitrogen and oxygen atoms in total. The number of ketones is 1. The number of aliphatic hydroxyl groups excluding tert-OH is 3. The Bertz CT molecular complexity index is 976. The molecule has 8 atom stereocenters. The van der Waals surface area contributed by atoms with Crippen LogP contribution in [0.4, 0.5) is 0 Å². The van der Waals surface area contributed by atoms with E-state index in [1.807, 2.05) is 32.2 Å². The molecule has 0 aromatic carbocycles. The van der Waals surface area contributed by atoms with Gasteiger partial charge in [-0.25, -0.2) is 4.98 Å². The summed E-state index contributed by atoms with van der Waals surface area (Å²) >= 11 is 1.55. The van der Waals surface area contributed by atoms with Crippen LogP contribution in [0.25, 0.3) is 6.08 Å². The molecule has 0 bridgehead atoms. The molecule has 0 saturated carbocycles. The summed E-state index contributed by atoms with van der Waals surface area (Å²) in [6.45, 7) is 11.4. The summed E-state index contributed by atoms with van der Waals surface area (Å²) in [5.41, 5.74) is 0.467. The molecule has 2 fully saturated rings. The van der Waals surface area contributed by atoms with Crippen molar-refractivity contribution in [2.24, 2.45) is 17.3 Å². The number of hydrogen-bond donors (Lipinski definition) is 3. The van der Waals surface area contributed by atoms with Gasteiger partial charge in [0.25, 0.3) is 0 Å². The zero-order valence-corrected chi connectivity index (χ0v) is 23.8. The lowest BCUT2D eigenvalue weighted by Crippen LogP contribution is -2.45. The summed E-state index contributed by atoms with van der Waals surface area (Å²) in [4.78, 5) is 33.1. The molecule has 2 aliphatic rings. The average molecular weight is 537 g/mol. The third kappa shape index (κ3) is 7.26. The number of fused-ring (bicyclic) bond motifs is 1. The third-order valence-corrected chi connectivity index (χ3v) is 9.10. The normalized spacial score (nSPS) is 36.1. The monoisotopic (exact) mass is 536 g/mol. The molecule has 2 saturated heterocycles. The second-order valence-corrected chi connectivity index (χ2v) is 12.5. The van der Waals surface area contributed by atoms with Crippen molar-refractivity contribution in [3.05, 3.63) is 21.7 Å². The molecule has 4 unspecified atom stereocenters. The molecule has 9 heteroatoms. The molecular formula is C28H44N2O6S. The topological polar surface area (TPSA) is 120 Å². The van der Waals surface area contributed by atoms with Crippen LogP contribution >= 0.6 is 11.3 Å². The first-order valence-corrected chi connectivity index (χ1v) is 14.3. The minimum absolute atomic E-state index is 0.0559. The van der Waals surface area contributed by atoms with Crippen molar-refractivity contribution in [1.82, 2.24) is 9.88 Å². The summed E-state index contributed by atoms with van der Waals surface area (Å²) in [6, 6.07) is 0.434. The van der Waals surface area contributed by atoms with Crippen molar-refractivity contribution < 1.29 is 29.6 Å². The van der Waals surface area contributed by atoms with E-state index in [9.17, 15) is 24.9 Å². The minimum Gasteiger partial charge on any atom is -0.458 e. The smallest absolute Gasteiger partial charge is 0.309 e. The first-order valence-electron chi connectivity index (χ1n) is 13.4. The SMILES string of the molecule is CC(=Cc1csc(C)n1)C1CC2C(CCC[C@H](C)[C@H](O)[C@@H](C)C(=O)C(C)(C)[C@@H](O)CC(=O)O1)N2CCO. The van der Waals surface area contributed by atoms with Crippen LogP contribution < -0.4 is 0 Å². The van der Waals surface area contributed by atoms with Crippen LogP contribution in [0.5, 0.6) is 0 Å². The van der Waals surface area contributed by atoms with Gasteiger partial charge in [0.05, 0.1) is 41.4 Å². The highest BCUT2D eigenvalue weighted by Crippen LogP contribution is 2.39. The van der Waals surface area contributed by atoms with E-state index in [2.05, 4.69) is 9.88 Å². The number of ether oxygens (including phenoxy) is 1. The number of cyclic esters (lactones) is 1. The first kappa shape index (κ1) is 29.9. The number of esters is 1. The lowest BCUT2D eigenvalue weighted by molar-refractivity contribution is -0.154. The number of aliphatic hydroxyl groups is 3. The number of β-amino-alcohol motifs (C(OH)–C–C–N with tert-alkyl or cyclic N) is 1. The van der Waals surface area contributed by atoms with Crippen LogP contribution in [-0.4, -0.2) is 80.5 Å². The molecule has 3 rings (SSSR count). The summed E-state index contributed by atoms with van der Waals surface area (Å²) < 4.78 is 5.94. The molecule has 0 spiro atoms. The Morgan fingerprint density at radius 1 is 1.24 bits per heavy atom. The van der Waals surface area contributed by atoms with Crippen molar-refractivity contribution >= 4 is 29.2 Å². The zero-order valence-electron chi connectivity index (χ0n) is 23.0. The van der Waals surface area contributed by atoms with Crippen LogP contribution in [0.15, 0.2) is 11.0 Å². The Morgan fingerprint density at radius 2 is 1.95 bits per heavy atom. The molecule has 1 aromatic rings. The number of Topliss-reactive ketones (excluding diaryl/α,β-unsaturated/α-hetero) is 1. The van der Waals surface area contributed by atoms with Crippen LogP contribution in [0, 0.1) is 24.2 Å². The van der Waals surface area contributed by atoms with Gasteiger partial charge in [-0.15, -0.1) is 11.3 Å². The largest absolute Gasteiger partial charge is 0.458 e. The highest BCUT2D eigenvalue weighted by molar-refractivity contribution is 7.09. The van der Waals surface area contributed by atoms with Gasteiger partial charge in [-0.3, -0.25) is 14.5 Å². The molecule has 3 heterocycles. The van der Waals surface area contributed by atoms with Gasteiger partial charge in [-0.1, -0.05) is 34.1 Å². The van der Waals surface area contributed by atoms with Crippen LogP contribution in [0.1, 0.15) is 77.4 Å². The zero-order chi connectivity index (χ0) is 27.5. The van der Waals surface area contributed by atoms with Gasteiger partial charge in [-0.2, -0.15) is 0 Å². The van der Waals surface area contributed by atoms with E-state index in [0.29, 0.717) is 13.0 Å². The molecule has 2 aliphatic heterocycles. The standard InChI is InChI=1S/C28H44N2O6S/c1-16-8-7-9-21-22(30(21)10-11-31)13-23(17(2)12-20-15-37-19(4)29-20)36-25(33)14-24(32)28(5,6)27(35)18(3)26(16)34/h12,15-16,18,21-24,26,31-32,34H,7-11,13-14H2,1-6H3/t16-,18+,21?,22?,23?,24-,26-,30?/m0/s1. The Morgan fingerprint density at radius 3 is 2.57 bits per heavy atom. The second-order valence-electron chi connectivity index (χ2n) is 11.5. The van der Waals surface area contributed by atoms with Crippen LogP contribution in [0.3, 0.4) is 0 Å². The van der Waals surface area contributed by atoms with Gasteiger partial charge >= 0.3 is 5.97 Å². The van der Waals surface area contributed by atoms with E-state index in [1.54, 1.807) is 32.1 Å². The Kier molecular flexibility index (Phi) is 10.1. The minimum atomic E-state index is -1.24. The highest BCUT2D eigenvalue weighted by atomic mass is 32.1. The fourth-order valence-electron chi connectivity index (χ4n) is 5.65. The predicted octanol–water partition coefficient (Wildman–Crippen LogP) is 3.37. The Hall–Kier alpha value is -1.65. The fraction of sp³-hybridized carbons (Fsp3) is 0.750. The number of carbonyl (C=O) groups excluding carboxylic acids is 2. The lowest BCUT2D eigenvalue weighted by atomic mass is 9.73. The number of thiazole rings is 1. The van der Waals surface area contributed by atoms with E-state index in [-0.39, 0.29) is 36.8 Å². The van der Waals surface area contributed by atoms with E-state index >= 15 is 0 Å². The predicted molar refractivity (Wildman–Crippen MR) is 144 cm³/mol. The summed E-state index contributed by atoms with van der Waals surface area (Å²) in [5.74, 6) is -1.57. The van der Waals surface area contributed by atoms with E-state index in [1.165, 1.54) is 0 Å². The van der Waals surface area contributed by atoms with Crippen molar-refractivity contribution in [2.45, 2.75) is 104 Å². The molecule has 37 heavy (non-hydrogen) atoms. The number of aryl methyl sites for hydroxylation is 1. The van der Waals surface area contributed by atoms with Gasteiger partial charge in [-0.05, 0) is 44.3 Å². The van der Waals surface area contributed by atoms with Gasteiger partial charge in [0, 0.05) is 36.3 Å². The van der Waals surface area contributed by atoms with Gasteiger partial charge in [0.15, 0.2) is 0 Å². The number of rotatable bonds is 4. The van der Waals surface area contributed by atoms with Crippen molar-refractivity contribution in [1.29, 1.82) is 0 Å². The quantitative estimate of drug-likeness (QED) is 0.396.